The van der Waals surface area contributed by atoms with E-state index in [1.807, 2.05) is 12.1 Å². The Bertz CT molecular complexity index is 801. The van der Waals surface area contributed by atoms with Gasteiger partial charge in [-0.05, 0) is 42.9 Å². The van der Waals surface area contributed by atoms with Crippen molar-refractivity contribution >= 4 is 10.1 Å². The van der Waals surface area contributed by atoms with Gasteiger partial charge in [0.15, 0.2) is 0 Å². The molecule has 0 bridgehead atoms. The van der Waals surface area contributed by atoms with Gasteiger partial charge in [0.25, 0.3) is 10.1 Å². The van der Waals surface area contributed by atoms with Crippen LogP contribution in [0.3, 0.4) is 0 Å². The van der Waals surface area contributed by atoms with Crippen molar-refractivity contribution in [3.63, 3.8) is 0 Å². The van der Waals surface area contributed by atoms with Crippen LogP contribution in [0.1, 0.15) is 43.6 Å². The zero-order chi connectivity index (χ0) is 16.6. The number of benzene rings is 2. The third kappa shape index (κ3) is 2.78. The van der Waals surface area contributed by atoms with Crippen LogP contribution in [0, 0.1) is 5.41 Å². The van der Waals surface area contributed by atoms with Crippen LogP contribution in [-0.2, 0) is 14.3 Å². The molecule has 0 unspecified atom stereocenters. The molecule has 24 heavy (non-hydrogen) atoms. The van der Waals surface area contributed by atoms with Gasteiger partial charge in [-0.25, -0.2) is 0 Å². The lowest BCUT2D eigenvalue weighted by Gasteiger charge is -2.33. The Morgan fingerprint density at radius 3 is 2.29 bits per heavy atom. The molecule has 0 heterocycles. The fourth-order valence-electron chi connectivity index (χ4n) is 4.29. The molecule has 0 N–H and O–H groups in total. The van der Waals surface area contributed by atoms with Crippen molar-refractivity contribution in [2.75, 3.05) is 0 Å². The average molecular weight is 342 g/mol. The molecule has 0 saturated heterocycles. The van der Waals surface area contributed by atoms with E-state index in [2.05, 4.69) is 24.3 Å². The van der Waals surface area contributed by atoms with Crippen LogP contribution >= 0.6 is 0 Å². The van der Waals surface area contributed by atoms with Crippen LogP contribution in [0.4, 0.5) is 0 Å². The maximum Gasteiger partial charge on any atom is 0.297 e. The Balaban J connectivity index is 1.57. The molecule has 2 fully saturated rings. The van der Waals surface area contributed by atoms with Gasteiger partial charge in [0.2, 0.25) is 0 Å². The van der Waals surface area contributed by atoms with E-state index in [9.17, 15) is 8.42 Å². The molecule has 0 aliphatic heterocycles. The molecule has 0 amide bonds. The van der Waals surface area contributed by atoms with Crippen molar-refractivity contribution in [2.45, 2.75) is 49.0 Å². The molecule has 126 valence electrons. The van der Waals surface area contributed by atoms with E-state index in [-0.39, 0.29) is 16.4 Å². The third-order valence-electron chi connectivity index (χ3n) is 5.60. The van der Waals surface area contributed by atoms with Crippen LogP contribution in [0.2, 0.25) is 0 Å². The zero-order valence-corrected chi connectivity index (χ0v) is 14.4. The standard InChI is InChI=1S/C20H22O3S/c21-24(22,17-11-5-2-6-12-17)23-19-15-20(19)14-8-7-13-18(20)16-9-3-1-4-10-16/h1-6,9-12,18-19H,7-8,13-15H2/t18-,19-,20+/m0/s1. The summed E-state index contributed by atoms with van der Waals surface area (Å²) in [7, 11) is -3.68. The average Bonchev–Trinajstić information content (AvgIpc) is 3.28. The highest BCUT2D eigenvalue weighted by Gasteiger charge is 2.62. The lowest BCUT2D eigenvalue weighted by Crippen LogP contribution is -2.25. The molecule has 4 heteroatoms. The van der Waals surface area contributed by atoms with Crippen molar-refractivity contribution in [1.82, 2.24) is 0 Å². The Morgan fingerprint density at radius 2 is 1.58 bits per heavy atom. The zero-order valence-electron chi connectivity index (χ0n) is 13.6. The molecular weight excluding hydrogens is 320 g/mol. The maximum absolute atomic E-state index is 12.5. The minimum absolute atomic E-state index is 0.00144. The summed E-state index contributed by atoms with van der Waals surface area (Å²) in [5.74, 6) is 0.406. The van der Waals surface area contributed by atoms with Gasteiger partial charge < -0.3 is 0 Å². The molecule has 2 aliphatic rings. The van der Waals surface area contributed by atoms with E-state index in [0.717, 1.165) is 25.7 Å². The van der Waals surface area contributed by atoms with E-state index in [0.29, 0.717) is 5.92 Å². The summed E-state index contributed by atoms with van der Waals surface area (Å²) in [5, 5.41) is 0. The van der Waals surface area contributed by atoms with Crippen LogP contribution in [0.15, 0.2) is 65.6 Å². The first kappa shape index (κ1) is 15.9. The van der Waals surface area contributed by atoms with Gasteiger partial charge in [-0.1, -0.05) is 61.4 Å². The van der Waals surface area contributed by atoms with Crippen LogP contribution in [0.25, 0.3) is 0 Å². The predicted octanol–water partition coefficient (Wildman–Crippen LogP) is 4.51. The molecular formula is C20H22O3S. The van der Waals surface area contributed by atoms with Gasteiger partial charge in [-0.2, -0.15) is 8.42 Å². The van der Waals surface area contributed by atoms with Gasteiger partial charge in [0.05, 0.1) is 11.0 Å². The van der Waals surface area contributed by atoms with E-state index < -0.39 is 10.1 Å². The number of rotatable bonds is 4. The number of hydrogen-bond acceptors (Lipinski definition) is 3. The van der Waals surface area contributed by atoms with E-state index in [1.165, 1.54) is 12.0 Å². The monoisotopic (exact) mass is 342 g/mol. The second kappa shape index (κ2) is 6.01. The maximum atomic E-state index is 12.5. The van der Waals surface area contributed by atoms with Crippen molar-refractivity contribution in [2.24, 2.45) is 5.41 Å². The molecule has 2 aromatic carbocycles. The van der Waals surface area contributed by atoms with Gasteiger partial charge in [-0.3, -0.25) is 4.18 Å². The summed E-state index contributed by atoms with van der Waals surface area (Å²) in [4.78, 5) is 0.249. The highest BCUT2D eigenvalue weighted by molar-refractivity contribution is 7.86. The summed E-state index contributed by atoms with van der Waals surface area (Å²) >= 11 is 0. The quantitative estimate of drug-likeness (QED) is 0.768. The summed E-state index contributed by atoms with van der Waals surface area (Å²) in [6, 6.07) is 19.0. The highest BCUT2D eigenvalue weighted by atomic mass is 32.2. The smallest absolute Gasteiger partial charge is 0.262 e. The lowest BCUT2D eigenvalue weighted by atomic mass is 9.72. The second-order valence-corrected chi connectivity index (χ2v) is 8.57. The van der Waals surface area contributed by atoms with Gasteiger partial charge >= 0.3 is 0 Å². The number of hydrogen-bond donors (Lipinski definition) is 0. The van der Waals surface area contributed by atoms with Crippen molar-refractivity contribution in [1.29, 1.82) is 0 Å². The SMILES string of the molecule is O=S(=O)(O[C@H]1C[C@@]12CCCC[C@H]2c1ccccc1)c1ccccc1. The van der Waals surface area contributed by atoms with E-state index >= 15 is 0 Å². The second-order valence-electron chi connectivity index (χ2n) is 7.00. The van der Waals surface area contributed by atoms with Crippen molar-refractivity contribution in [3.8, 4) is 0 Å². The third-order valence-corrected chi connectivity index (χ3v) is 6.94. The fourth-order valence-corrected chi connectivity index (χ4v) is 5.46. The van der Waals surface area contributed by atoms with Crippen LogP contribution < -0.4 is 0 Å². The van der Waals surface area contributed by atoms with Gasteiger partial charge in [-0.15, -0.1) is 0 Å². The summed E-state index contributed by atoms with van der Waals surface area (Å²) < 4.78 is 30.7. The predicted molar refractivity (Wildman–Crippen MR) is 93.2 cm³/mol. The Morgan fingerprint density at radius 1 is 0.917 bits per heavy atom. The summed E-state index contributed by atoms with van der Waals surface area (Å²) in [6.07, 6.45) is 5.21. The van der Waals surface area contributed by atoms with Crippen molar-refractivity contribution in [3.05, 3.63) is 66.2 Å². The van der Waals surface area contributed by atoms with Gasteiger partial charge in [0, 0.05) is 5.41 Å². The molecule has 0 aromatic heterocycles. The molecule has 0 radical (unpaired) electrons. The van der Waals surface area contributed by atoms with Crippen LogP contribution in [0.5, 0.6) is 0 Å². The van der Waals surface area contributed by atoms with E-state index in [1.54, 1.807) is 24.3 Å². The van der Waals surface area contributed by atoms with Crippen LogP contribution in [-0.4, -0.2) is 14.5 Å². The molecule has 2 aliphatic carbocycles. The fraction of sp³-hybridized carbons (Fsp3) is 0.400. The van der Waals surface area contributed by atoms with Gasteiger partial charge in [0.1, 0.15) is 0 Å². The van der Waals surface area contributed by atoms with E-state index in [4.69, 9.17) is 4.18 Å². The Kier molecular flexibility index (Phi) is 3.97. The first-order valence-corrected chi connectivity index (χ1v) is 10.1. The Hall–Kier alpha value is -1.65. The normalized spacial score (nSPS) is 29.5. The molecule has 4 rings (SSSR count). The first-order valence-electron chi connectivity index (χ1n) is 8.65. The molecule has 2 saturated carbocycles. The molecule has 2 aromatic rings. The highest BCUT2D eigenvalue weighted by Crippen LogP contribution is 2.65. The minimum Gasteiger partial charge on any atom is -0.262 e. The molecule has 3 nitrogen and oxygen atoms in total. The Labute approximate surface area is 143 Å². The molecule has 1 spiro atoms. The lowest BCUT2D eigenvalue weighted by molar-refractivity contribution is 0.186. The largest absolute Gasteiger partial charge is 0.297 e. The van der Waals surface area contributed by atoms with Crippen molar-refractivity contribution < 1.29 is 12.6 Å². The topological polar surface area (TPSA) is 43.4 Å². The summed E-state index contributed by atoms with van der Waals surface area (Å²) in [6.45, 7) is 0. The molecule has 3 atom stereocenters. The summed E-state index contributed by atoms with van der Waals surface area (Å²) in [5.41, 5.74) is 1.32. The minimum atomic E-state index is -3.68. The first-order chi connectivity index (χ1) is 11.6.